The third-order valence-corrected chi connectivity index (χ3v) is 3.72. The standard InChI is InChI=1S/C15H22N2O/c1-10(2)11(3)15(18)17-13-6-7-14-12(9-13)5-4-8-16-14/h6-7,9-11,16H,4-5,8H2,1-3H3,(H,17,18). The van der Waals surface area contributed by atoms with E-state index in [2.05, 4.69) is 36.6 Å². The first-order valence-electron chi connectivity index (χ1n) is 6.75. The van der Waals surface area contributed by atoms with Gasteiger partial charge in [-0.25, -0.2) is 0 Å². The van der Waals surface area contributed by atoms with E-state index in [1.165, 1.54) is 11.3 Å². The maximum absolute atomic E-state index is 12.0. The summed E-state index contributed by atoms with van der Waals surface area (Å²) in [6.07, 6.45) is 2.25. The van der Waals surface area contributed by atoms with E-state index in [4.69, 9.17) is 0 Å². The molecular weight excluding hydrogens is 224 g/mol. The normalized spacial score (nSPS) is 15.8. The van der Waals surface area contributed by atoms with Gasteiger partial charge in [0.15, 0.2) is 0 Å². The van der Waals surface area contributed by atoms with Gasteiger partial charge in [-0.15, -0.1) is 0 Å². The molecule has 98 valence electrons. The maximum Gasteiger partial charge on any atom is 0.227 e. The predicted molar refractivity (Wildman–Crippen MR) is 75.9 cm³/mol. The third-order valence-electron chi connectivity index (χ3n) is 3.72. The molecule has 1 aliphatic heterocycles. The average Bonchev–Trinajstić information content (AvgIpc) is 2.37. The summed E-state index contributed by atoms with van der Waals surface area (Å²) in [7, 11) is 0. The van der Waals surface area contributed by atoms with E-state index in [1.54, 1.807) is 0 Å². The Bertz CT molecular complexity index is 440. The van der Waals surface area contributed by atoms with Crippen LogP contribution in [0.1, 0.15) is 32.8 Å². The van der Waals surface area contributed by atoms with Gasteiger partial charge in [0.25, 0.3) is 0 Å². The van der Waals surface area contributed by atoms with Crippen molar-refractivity contribution in [2.24, 2.45) is 11.8 Å². The zero-order valence-corrected chi connectivity index (χ0v) is 11.4. The number of rotatable bonds is 3. The lowest BCUT2D eigenvalue weighted by Crippen LogP contribution is -2.24. The van der Waals surface area contributed by atoms with Crippen molar-refractivity contribution >= 4 is 17.3 Å². The van der Waals surface area contributed by atoms with Gasteiger partial charge in [0.05, 0.1) is 0 Å². The Labute approximate surface area is 109 Å². The van der Waals surface area contributed by atoms with Crippen molar-refractivity contribution in [2.75, 3.05) is 17.2 Å². The molecule has 0 radical (unpaired) electrons. The van der Waals surface area contributed by atoms with Crippen LogP contribution >= 0.6 is 0 Å². The third kappa shape index (κ3) is 2.84. The highest BCUT2D eigenvalue weighted by Gasteiger charge is 2.17. The quantitative estimate of drug-likeness (QED) is 0.859. The summed E-state index contributed by atoms with van der Waals surface area (Å²) in [6, 6.07) is 6.12. The van der Waals surface area contributed by atoms with Crippen molar-refractivity contribution in [3.8, 4) is 0 Å². The van der Waals surface area contributed by atoms with E-state index >= 15 is 0 Å². The number of nitrogens with one attached hydrogen (secondary N) is 2. The summed E-state index contributed by atoms with van der Waals surface area (Å²) in [5.41, 5.74) is 3.42. The Morgan fingerprint density at radius 3 is 2.83 bits per heavy atom. The number of benzene rings is 1. The highest BCUT2D eigenvalue weighted by Crippen LogP contribution is 2.25. The van der Waals surface area contributed by atoms with Crippen LogP contribution in [0.5, 0.6) is 0 Å². The molecule has 0 spiro atoms. The second kappa shape index (κ2) is 5.42. The summed E-state index contributed by atoms with van der Waals surface area (Å²) in [4.78, 5) is 12.0. The van der Waals surface area contributed by atoms with Gasteiger partial charge in [-0.3, -0.25) is 4.79 Å². The monoisotopic (exact) mass is 246 g/mol. The van der Waals surface area contributed by atoms with Crippen LogP contribution in [-0.2, 0) is 11.2 Å². The first-order valence-corrected chi connectivity index (χ1v) is 6.75. The van der Waals surface area contributed by atoms with Crippen molar-refractivity contribution in [1.29, 1.82) is 0 Å². The molecule has 1 heterocycles. The van der Waals surface area contributed by atoms with Crippen molar-refractivity contribution in [1.82, 2.24) is 0 Å². The molecule has 0 aromatic heterocycles. The van der Waals surface area contributed by atoms with E-state index in [0.717, 1.165) is 25.1 Å². The fourth-order valence-corrected chi connectivity index (χ4v) is 2.11. The van der Waals surface area contributed by atoms with Crippen LogP contribution in [0.15, 0.2) is 18.2 Å². The molecule has 1 unspecified atom stereocenters. The second-order valence-corrected chi connectivity index (χ2v) is 5.42. The number of carbonyl (C=O) groups excluding carboxylic acids is 1. The van der Waals surface area contributed by atoms with Gasteiger partial charge in [-0.1, -0.05) is 20.8 Å². The smallest absolute Gasteiger partial charge is 0.227 e. The fourth-order valence-electron chi connectivity index (χ4n) is 2.11. The summed E-state index contributed by atoms with van der Waals surface area (Å²) in [5.74, 6) is 0.511. The molecule has 0 fully saturated rings. The number of amides is 1. The molecule has 0 bridgehead atoms. The molecule has 1 atom stereocenters. The largest absolute Gasteiger partial charge is 0.385 e. The van der Waals surface area contributed by atoms with Gasteiger partial charge in [0.1, 0.15) is 0 Å². The minimum absolute atomic E-state index is 0.0409. The van der Waals surface area contributed by atoms with Gasteiger partial charge in [-0.2, -0.15) is 0 Å². The summed E-state index contributed by atoms with van der Waals surface area (Å²) in [5, 5.41) is 6.38. The van der Waals surface area contributed by atoms with Crippen molar-refractivity contribution in [3.63, 3.8) is 0 Å². The Balaban J connectivity index is 2.08. The van der Waals surface area contributed by atoms with Gasteiger partial charge in [0.2, 0.25) is 5.91 Å². The van der Waals surface area contributed by atoms with E-state index in [0.29, 0.717) is 5.92 Å². The molecule has 0 saturated carbocycles. The highest BCUT2D eigenvalue weighted by molar-refractivity contribution is 5.92. The van der Waals surface area contributed by atoms with Gasteiger partial charge in [0, 0.05) is 23.8 Å². The van der Waals surface area contributed by atoms with Crippen LogP contribution in [0.4, 0.5) is 11.4 Å². The van der Waals surface area contributed by atoms with Crippen LogP contribution in [0, 0.1) is 11.8 Å². The van der Waals surface area contributed by atoms with E-state index in [9.17, 15) is 4.79 Å². The molecule has 1 amide bonds. The lowest BCUT2D eigenvalue weighted by atomic mass is 9.97. The molecule has 18 heavy (non-hydrogen) atoms. The predicted octanol–water partition coefficient (Wildman–Crippen LogP) is 3.28. The van der Waals surface area contributed by atoms with Crippen molar-refractivity contribution in [3.05, 3.63) is 23.8 Å². The minimum Gasteiger partial charge on any atom is -0.385 e. The van der Waals surface area contributed by atoms with Gasteiger partial charge < -0.3 is 10.6 Å². The van der Waals surface area contributed by atoms with Crippen LogP contribution < -0.4 is 10.6 Å². The second-order valence-electron chi connectivity index (χ2n) is 5.42. The Morgan fingerprint density at radius 2 is 2.11 bits per heavy atom. The molecule has 3 heteroatoms. The van der Waals surface area contributed by atoms with Gasteiger partial charge in [-0.05, 0) is 42.5 Å². The number of hydrogen-bond donors (Lipinski definition) is 2. The Kier molecular flexibility index (Phi) is 3.90. The van der Waals surface area contributed by atoms with Gasteiger partial charge >= 0.3 is 0 Å². The summed E-state index contributed by atoms with van der Waals surface area (Å²) >= 11 is 0. The van der Waals surface area contributed by atoms with Crippen LogP contribution in [0.2, 0.25) is 0 Å². The Hall–Kier alpha value is -1.51. The van der Waals surface area contributed by atoms with E-state index < -0.39 is 0 Å². The topological polar surface area (TPSA) is 41.1 Å². The summed E-state index contributed by atoms with van der Waals surface area (Å²) < 4.78 is 0. The molecule has 2 N–H and O–H groups in total. The first kappa shape index (κ1) is 12.9. The Morgan fingerprint density at radius 1 is 1.33 bits per heavy atom. The number of anilines is 2. The van der Waals surface area contributed by atoms with Crippen molar-refractivity contribution in [2.45, 2.75) is 33.6 Å². The van der Waals surface area contributed by atoms with Crippen LogP contribution in [0.25, 0.3) is 0 Å². The SMILES string of the molecule is CC(C)C(C)C(=O)Nc1ccc2c(c1)CCCN2. The van der Waals surface area contributed by atoms with E-state index in [1.807, 2.05) is 13.0 Å². The maximum atomic E-state index is 12.0. The highest BCUT2D eigenvalue weighted by atomic mass is 16.1. The average molecular weight is 246 g/mol. The number of fused-ring (bicyclic) bond motifs is 1. The first-order chi connectivity index (χ1) is 8.58. The minimum atomic E-state index is 0.0409. The van der Waals surface area contributed by atoms with Crippen molar-refractivity contribution < 1.29 is 4.79 Å². The molecule has 0 saturated heterocycles. The molecule has 0 aliphatic carbocycles. The zero-order chi connectivity index (χ0) is 13.1. The number of hydrogen-bond acceptors (Lipinski definition) is 2. The lowest BCUT2D eigenvalue weighted by molar-refractivity contribution is -0.120. The molecule has 1 aromatic rings. The van der Waals surface area contributed by atoms with E-state index in [-0.39, 0.29) is 11.8 Å². The molecule has 1 aliphatic rings. The number of aryl methyl sites for hydroxylation is 1. The van der Waals surface area contributed by atoms with Crippen LogP contribution in [0.3, 0.4) is 0 Å². The summed E-state index contributed by atoms with van der Waals surface area (Å²) in [6.45, 7) is 7.16. The molecule has 2 rings (SSSR count). The zero-order valence-electron chi connectivity index (χ0n) is 11.4. The molecular formula is C15H22N2O. The number of carbonyl (C=O) groups is 1. The lowest BCUT2D eigenvalue weighted by Gasteiger charge is -2.20. The van der Waals surface area contributed by atoms with Crippen LogP contribution in [-0.4, -0.2) is 12.5 Å². The fraction of sp³-hybridized carbons (Fsp3) is 0.533. The molecule has 1 aromatic carbocycles. The molecule has 3 nitrogen and oxygen atoms in total.